The molecule has 0 spiro atoms. The molecule has 0 aliphatic rings. The number of pyridine rings is 4. The Labute approximate surface area is 868 Å². The van der Waals surface area contributed by atoms with Crippen molar-refractivity contribution in [3.8, 4) is 139 Å². The van der Waals surface area contributed by atoms with Crippen LogP contribution >= 0.6 is 0 Å². The average molecular weight is 1910 g/mol. The Morgan fingerprint density at radius 1 is 0.168 bits per heavy atom. The van der Waals surface area contributed by atoms with Gasteiger partial charge in [-0.15, -0.1) is 0 Å². The fourth-order valence-electron chi connectivity index (χ4n) is 23.1. The number of fused-ring (bicyclic) bond motifs is 4. The molecular formula is C144H107N5. The Balaban J connectivity index is 0.000000113. The highest BCUT2D eigenvalue weighted by Crippen LogP contribution is 2.52. The molecule has 0 saturated heterocycles. The molecule has 5 heterocycles. The maximum absolute atomic E-state index is 4.58. The minimum absolute atomic E-state index is 0.0606. The van der Waals surface area contributed by atoms with Crippen molar-refractivity contribution in [2.45, 2.75) is 78.6 Å². The first-order valence-corrected chi connectivity index (χ1v) is 51.9. The topological polar surface area (TPSA) is 56.5 Å². The summed E-state index contributed by atoms with van der Waals surface area (Å²) in [6, 6.07) is 164. The van der Waals surface area contributed by atoms with Crippen molar-refractivity contribution in [1.29, 1.82) is 0 Å². The standard InChI is InChI=1S/C49H36N2.C48H36N2.C47H35N/c1-49(2,3)37-26-34-19-22-40-42(32-17-15-31(16-18-32)36-10-9-25-50-30-36)29-43(41-23-20-35(27-37)47(34)48(40)41)33-21-24-46-44(28-33)39-13-7-8-14-45(39)51(46)38-11-5-4-6-12-38;1-48(2,3)40-28-38-19-21-41-43(35-13-11-32(12-14-35)31-7-9-33(10-8-31)34-23-26-49-27-24-34)30-44(42-22-20-39(29-40)46(38)47(41)42)36-15-17-37(18-16-36)45-6-4-5-25-50-45;1-47(2,3)38-26-35-21-23-41-43(33-15-13-30(14-16-33)37-10-7-25-48-29-37)28-44(42-24-22-36(27-38)45(35)46(41)42)34-19-17-32(18-20-34)40-12-6-9-31-8-4-5-11-39(31)40/h4-30H,1-3H3;4-30H,1-3H3;4-29H,1-3H3. The number of rotatable bonds is 13. The Morgan fingerprint density at radius 3 is 0.872 bits per heavy atom. The maximum atomic E-state index is 4.58. The molecule has 0 radical (unpaired) electrons. The van der Waals surface area contributed by atoms with Crippen molar-refractivity contribution >= 4 is 130 Å². The fourth-order valence-corrected chi connectivity index (χ4v) is 23.1. The van der Waals surface area contributed by atoms with Crippen molar-refractivity contribution in [2.24, 2.45) is 0 Å². The highest BCUT2D eigenvalue weighted by Gasteiger charge is 2.28. The molecular weight excluding hydrogens is 1800 g/mol. The quantitative estimate of drug-likeness (QED) is 0.108. The van der Waals surface area contributed by atoms with Gasteiger partial charge >= 0.3 is 0 Å². The molecule has 0 unspecified atom stereocenters. The second-order valence-corrected chi connectivity index (χ2v) is 43.2. The summed E-state index contributed by atoms with van der Waals surface area (Å²) in [4.78, 5) is 17.4. The molecule has 149 heavy (non-hydrogen) atoms. The van der Waals surface area contributed by atoms with Crippen molar-refractivity contribution in [3.05, 3.63) is 503 Å². The first-order valence-electron chi connectivity index (χ1n) is 51.9. The summed E-state index contributed by atoms with van der Waals surface area (Å²) < 4.78 is 2.39. The lowest BCUT2D eigenvalue weighted by molar-refractivity contribution is 0.591. The second kappa shape index (κ2) is 36.5. The second-order valence-electron chi connectivity index (χ2n) is 43.2. The van der Waals surface area contributed by atoms with Crippen molar-refractivity contribution in [2.75, 3.05) is 0 Å². The molecule has 0 aliphatic carbocycles. The molecule has 0 amide bonds. The van der Waals surface area contributed by atoms with Crippen LogP contribution < -0.4 is 0 Å². The predicted octanol–water partition coefficient (Wildman–Crippen LogP) is 39.5. The van der Waals surface area contributed by atoms with Crippen molar-refractivity contribution in [3.63, 3.8) is 0 Å². The van der Waals surface area contributed by atoms with Gasteiger partial charge in [0, 0.05) is 65.4 Å². The molecule has 28 rings (SSSR count). The van der Waals surface area contributed by atoms with Crippen LogP contribution in [0.15, 0.2) is 486 Å². The molecule has 0 fully saturated rings. The molecule has 0 bridgehead atoms. The third-order valence-corrected chi connectivity index (χ3v) is 31.0. The van der Waals surface area contributed by atoms with Crippen LogP contribution in [-0.4, -0.2) is 24.5 Å². The summed E-state index contributed by atoms with van der Waals surface area (Å²) in [7, 11) is 0. The van der Waals surface area contributed by atoms with Crippen LogP contribution in [0.4, 0.5) is 0 Å². The van der Waals surface area contributed by atoms with Gasteiger partial charge in [-0.05, 0) is 348 Å². The number of benzene rings is 23. The van der Waals surface area contributed by atoms with Gasteiger partial charge in [0.15, 0.2) is 0 Å². The number of hydrogen-bond acceptors (Lipinski definition) is 4. The number of hydrogen-bond donors (Lipinski definition) is 0. The van der Waals surface area contributed by atoms with Crippen LogP contribution in [0.2, 0.25) is 0 Å². The summed E-state index contributed by atoms with van der Waals surface area (Å²) in [5.41, 5.74) is 36.6. The monoisotopic (exact) mass is 1910 g/mol. The van der Waals surface area contributed by atoms with E-state index in [1.807, 2.05) is 79.8 Å². The highest BCUT2D eigenvalue weighted by molar-refractivity contribution is 6.32. The lowest BCUT2D eigenvalue weighted by atomic mass is 9.81. The van der Waals surface area contributed by atoms with Gasteiger partial charge in [-0.3, -0.25) is 19.9 Å². The molecule has 0 atom stereocenters. The van der Waals surface area contributed by atoms with E-state index in [0.29, 0.717) is 0 Å². The lowest BCUT2D eigenvalue weighted by Crippen LogP contribution is -2.10. The first kappa shape index (κ1) is 90.8. The van der Waals surface area contributed by atoms with Gasteiger partial charge in [-0.2, -0.15) is 0 Å². The predicted molar refractivity (Wildman–Crippen MR) is 635 cm³/mol. The van der Waals surface area contributed by atoms with Crippen LogP contribution in [0.25, 0.3) is 269 Å². The third kappa shape index (κ3) is 16.5. The smallest absolute Gasteiger partial charge is 0.0701 e. The van der Waals surface area contributed by atoms with Gasteiger partial charge in [0.25, 0.3) is 0 Å². The average Bonchev–Trinajstić information content (AvgIpc) is 1.28. The number of nitrogens with zero attached hydrogens (tertiary/aromatic N) is 5. The van der Waals surface area contributed by atoms with E-state index in [4.69, 9.17) is 0 Å². The summed E-state index contributed by atoms with van der Waals surface area (Å²) in [5.74, 6) is 0. The molecule has 5 aromatic heterocycles. The Kier molecular flexibility index (Phi) is 22.3. The van der Waals surface area contributed by atoms with E-state index in [1.54, 1.807) is 0 Å². The molecule has 5 heteroatoms. The SMILES string of the molecule is CC(C)(C)c1cc2ccc3c(-c4ccc(-c5ccc(-c6ccncc6)cc5)cc4)cc(-c4ccc(-c5ccccn5)cc4)c4ccc(c1)c2c34.CC(C)(C)c1cc2ccc3c(-c4ccc(-c5cccnc5)cc4)cc(-c4ccc(-c5cccc6ccccc56)cc4)c4ccc(c1)c2c34.CC(C)(C)c1cc2ccc3c(-c4ccc(-c5cccnc5)cc4)cc(-c4ccc5c(c4)c4ccccc4n5-c4ccccc4)c4ccc(c1)c2c34. The molecule has 0 N–H and O–H groups in total. The van der Waals surface area contributed by atoms with E-state index in [1.165, 1.54) is 263 Å². The highest BCUT2D eigenvalue weighted by atomic mass is 15.0. The van der Waals surface area contributed by atoms with Crippen LogP contribution in [0.5, 0.6) is 0 Å². The molecule has 28 aromatic rings. The zero-order valence-corrected chi connectivity index (χ0v) is 84.9. The normalized spacial score (nSPS) is 12.1. The lowest BCUT2D eigenvalue weighted by Gasteiger charge is -2.23. The minimum atomic E-state index is 0.0606. The number of para-hydroxylation sites is 2. The van der Waals surface area contributed by atoms with Crippen LogP contribution in [0, 0.1) is 0 Å². The van der Waals surface area contributed by atoms with Crippen LogP contribution in [0.3, 0.4) is 0 Å². The van der Waals surface area contributed by atoms with Gasteiger partial charge in [-0.1, -0.05) is 420 Å². The van der Waals surface area contributed by atoms with Gasteiger partial charge in [0.1, 0.15) is 0 Å². The maximum Gasteiger partial charge on any atom is 0.0701 e. The van der Waals surface area contributed by atoms with Gasteiger partial charge in [-0.25, -0.2) is 0 Å². The van der Waals surface area contributed by atoms with Gasteiger partial charge in [0.2, 0.25) is 0 Å². The van der Waals surface area contributed by atoms with E-state index < -0.39 is 0 Å². The molecule has 0 aliphatic heterocycles. The van der Waals surface area contributed by atoms with Gasteiger partial charge < -0.3 is 4.57 Å². The Hall–Kier alpha value is -18.2. The first-order chi connectivity index (χ1) is 72.7. The molecule has 5 nitrogen and oxygen atoms in total. The molecule has 708 valence electrons. The van der Waals surface area contributed by atoms with E-state index in [2.05, 4.69) is 493 Å². The Morgan fingerprint density at radius 2 is 0.490 bits per heavy atom. The largest absolute Gasteiger partial charge is 0.309 e. The number of aromatic nitrogens is 5. The van der Waals surface area contributed by atoms with Crippen LogP contribution in [-0.2, 0) is 16.2 Å². The summed E-state index contributed by atoms with van der Waals surface area (Å²) >= 11 is 0. The summed E-state index contributed by atoms with van der Waals surface area (Å²) in [6.07, 6.45) is 13.0. The third-order valence-electron chi connectivity index (χ3n) is 31.0. The zero-order chi connectivity index (χ0) is 100. The molecule has 23 aromatic carbocycles. The summed E-state index contributed by atoms with van der Waals surface area (Å²) in [5, 5.41) is 28.6. The van der Waals surface area contributed by atoms with E-state index in [0.717, 1.165) is 22.4 Å². The van der Waals surface area contributed by atoms with E-state index >= 15 is 0 Å². The fraction of sp³-hybridized carbons (Fsp3) is 0.0833. The van der Waals surface area contributed by atoms with Gasteiger partial charge in [0.05, 0.1) is 16.7 Å². The van der Waals surface area contributed by atoms with Crippen molar-refractivity contribution in [1.82, 2.24) is 24.5 Å². The molecule has 0 saturated carbocycles. The van der Waals surface area contributed by atoms with E-state index in [9.17, 15) is 0 Å². The summed E-state index contributed by atoms with van der Waals surface area (Å²) in [6.45, 7) is 20.7. The minimum Gasteiger partial charge on any atom is -0.309 e. The van der Waals surface area contributed by atoms with E-state index in [-0.39, 0.29) is 16.2 Å². The Bertz CT molecular complexity index is 9900. The van der Waals surface area contributed by atoms with Crippen molar-refractivity contribution < 1.29 is 0 Å². The zero-order valence-electron chi connectivity index (χ0n) is 84.9. The van der Waals surface area contributed by atoms with Crippen LogP contribution in [0.1, 0.15) is 79.0 Å².